The molecule has 0 saturated heterocycles. The van der Waals surface area contributed by atoms with E-state index < -0.39 is 30.0 Å². The monoisotopic (exact) mass is 394 g/mol. The summed E-state index contributed by atoms with van der Waals surface area (Å²) >= 11 is 0. The second kappa shape index (κ2) is 12.5. The van der Waals surface area contributed by atoms with Gasteiger partial charge in [-0.3, -0.25) is 14.4 Å². The highest BCUT2D eigenvalue weighted by Crippen LogP contribution is 2.20. The fourth-order valence-electron chi connectivity index (χ4n) is 2.13. The number of hydrogen-bond acceptors (Lipinski definition) is 8. The van der Waals surface area contributed by atoms with E-state index in [1.54, 1.807) is 12.1 Å². The van der Waals surface area contributed by atoms with Crippen molar-refractivity contribution in [1.82, 2.24) is 0 Å². The molecule has 0 aliphatic heterocycles. The lowest BCUT2D eigenvalue weighted by molar-refractivity contribution is -0.152. The first-order valence-corrected chi connectivity index (χ1v) is 9.17. The van der Waals surface area contributed by atoms with Gasteiger partial charge in [-0.05, 0) is 25.0 Å². The zero-order chi connectivity index (χ0) is 20.9. The predicted molar refractivity (Wildman–Crippen MR) is 98.7 cm³/mol. The Kier molecular flexibility index (Phi) is 10.3. The van der Waals surface area contributed by atoms with E-state index in [0.717, 1.165) is 0 Å². The predicted octanol–water partition coefficient (Wildman–Crippen LogP) is 2.82. The molecule has 28 heavy (non-hydrogen) atoms. The second-order valence-electron chi connectivity index (χ2n) is 5.98. The molecule has 0 amide bonds. The van der Waals surface area contributed by atoms with Gasteiger partial charge in [-0.25, -0.2) is 4.79 Å². The summed E-state index contributed by atoms with van der Waals surface area (Å²) in [7, 11) is 0. The molecule has 0 aliphatic carbocycles. The van der Waals surface area contributed by atoms with Crippen LogP contribution in [0.2, 0.25) is 0 Å². The number of carbonyl (C=O) groups excluding carboxylic acids is 4. The molecule has 154 valence electrons. The van der Waals surface area contributed by atoms with Gasteiger partial charge in [0.1, 0.15) is 24.5 Å². The largest absolute Gasteiger partial charge is 0.462 e. The van der Waals surface area contributed by atoms with Crippen LogP contribution in [-0.4, -0.2) is 43.2 Å². The molecule has 0 aliphatic rings. The molecule has 1 rings (SSSR count). The van der Waals surface area contributed by atoms with Gasteiger partial charge >= 0.3 is 23.9 Å². The summed E-state index contributed by atoms with van der Waals surface area (Å²) in [5.41, 5.74) is 0.0301. The molecule has 8 nitrogen and oxygen atoms in total. The van der Waals surface area contributed by atoms with E-state index in [1.807, 2.05) is 13.8 Å². The normalized spacial score (nSPS) is 10.3. The van der Waals surface area contributed by atoms with E-state index in [-0.39, 0.29) is 37.4 Å². The zero-order valence-corrected chi connectivity index (χ0v) is 16.4. The molecule has 0 heterocycles. The summed E-state index contributed by atoms with van der Waals surface area (Å²) in [6.07, 6.45) is 0.700. The average molecular weight is 394 g/mol. The molecule has 0 N–H and O–H groups in total. The zero-order valence-electron chi connectivity index (χ0n) is 16.4. The Morgan fingerprint density at radius 3 is 1.93 bits per heavy atom. The Hall–Kier alpha value is -2.90. The fourth-order valence-corrected chi connectivity index (χ4v) is 2.13. The van der Waals surface area contributed by atoms with Crippen LogP contribution < -0.4 is 4.74 Å². The topological polar surface area (TPSA) is 105 Å². The Balaban J connectivity index is 2.82. The first-order chi connectivity index (χ1) is 13.4. The third-order valence-corrected chi connectivity index (χ3v) is 3.40. The number of ether oxygens (including phenoxy) is 4. The fraction of sp³-hybridized carbons (Fsp3) is 0.500. The Labute approximate surface area is 164 Å². The van der Waals surface area contributed by atoms with Gasteiger partial charge in [0.15, 0.2) is 6.10 Å². The van der Waals surface area contributed by atoms with E-state index in [9.17, 15) is 19.2 Å². The average Bonchev–Trinajstić information content (AvgIpc) is 2.64. The summed E-state index contributed by atoms with van der Waals surface area (Å²) in [6, 6.07) is 6.08. The van der Waals surface area contributed by atoms with Crippen molar-refractivity contribution < 1.29 is 38.1 Å². The van der Waals surface area contributed by atoms with Gasteiger partial charge in [0, 0.05) is 19.8 Å². The highest BCUT2D eigenvalue weighted by atomic mass is 16.6. The maximum Gasteiger partial charge on any atom is 0.342 e. The van der Waals surface area contributed by atoms with Crippen molar-refractivity contribution in [3.63, 3.8) is 0 Å². The van der Waals surface area contributed by atoms with E-state index in [1.165, 1.54) is 19.1 Å². The summed E-state index contributed by atoms with van der Waals surface area (Å²) in [6.45, 7) is 4.37. The van der Waals surface area contributed by atoms with Crippen LogP contribution in [0.1, 0.15) is 56.8 Å². The van der Waals surface area contributed by atoms with Gasteiger partial charge in [0.2, 0.25) is 0 Å². The van der Waals surface area contributed by atoms with E-state index in [2.05, 4.69) is 0 Å². The van der Waals surface area contributed by atoms with Gasteiger partial charge in [-0.15, -0.1) is 0 Å². The van der Waals surface area contributed by atoms with E-state index in [4.69, 9.17) is 18.9 Å². The molecular weight excluding hydrogens is 368 g/mol. The third-order valence-electron chi connectivity index (χ3n) is 3.40. The minimum absolute atomic E-state index is 0.0301. The van der Waals surface area contributed by atoms with Crippen LogP contribution in [0, 0.1) is 0 Å². The quantitative estimate of drug-likeness (QED) is 0.320. The summed E-state index contributed by atoms with van der Waals surface area (Å²) in [5, 5.41) is 0. The molecule has 0 atom stereocenters. The van der Waals surface area contributed by atoms with Crippen molar-refractivity contribution in [2.75, 3.05) is 13.2 Å². The summed E-state index contributed by atoms with van der Waals surface area (Å²) in [4.78, 5) is 46.9. The van der Waals surface area contributed by atoms with E-state index in [0.29, 0.717) is 12.8 Å². The maximum atomic E-state index is 12.5. The van der Waals surface area contributed by atoms with Crippen LogP contribution >= 0.6 is 0 Å². The lowest BCUT2D eigenvalue weighted by atomic mass is 10.2. The summed E-state index contributed by atoms with van der Waals surface area (Å²) in [5.74, 6) is -2.21. The van der Waals surface area contributed by atoms with Crippen LogP contribution in [0.15, 0.2) is 24.3 Å². The molecule has 0 aromatic heterocycles. The lowest BCUT2D eigenvalue weighted by Gasteiger charge is -2.18. The molecule has 0 bridgehead atoms. The highest BCUT2D eigenvalue weighted by molar-refractivity contribution is 5.93. The first kappa shape index (κ1) is 23.1. The minimum atomic E-state index is -0.987. The number of esters is 4. The lowest BCUT2D eigenvalue weighted by Crippen LogP contribution is -2.31. The number of benzene rings is 1. The van der Waals surface area contributed by atoms with Gasteiger partial charge in [-0.1, -0.05) is 26.0 Å². The van der Waals surface area contributed by atoms with Crippen molar-refractivity contribution in [1.29, 1.82) is 0 Å². The molecule has 0 radical (unpaired) electrons. The van der Waals surface area contributed by atoms with Crippen molar-refractivity contribution in [3.8, 4) is 5.75 Å². The molecule has 0 fully saturated rings. The number of hydrogen-bond donors (Lipinski definition) is 0. The molecule has 8 heteroatoms. The number of para-hydroxylation sites is 1. The molecule has 0 saturated carbocycles. The second-order valence-corrected chi connectivity index (χ2v) is 5.98. The van der Waals surface area contributed by atoms with Crippen molar-refractivity contribution >= 4 is 23.9 Å². The van der Waals surface area contributed by atoms with Gasteiger partial charge in [-0.2, -0.15) is 0 Å². The van der Waals surface area contributed by atoms with Crippen LogP contribution in [0.5, 0.6) is 5.75 Å². The Morgan fingerprint density at radius 2 is 1.43 bits per heavy atom. The van der Waals surface area contributed by atoms with Gasteiger partial charge in [0.05, 0.1) is 0 Å². The number of carbonyl (C=O) groups is 4. The van der Waals surface area contributed by atoms with Crippen molar-refractivity contribution in [2.24, 2.45) is 0 Å². The van der Waals surface area contributed by atoms with Crippen LogP contribution in [-0.2, 0) is 28.6 Å². The van der Waals surface area contributed by atoms with Crippen LogP contribution in [0.3, 0.4) is 0 Å². The van der Waals surface area contributed by atoms with Crippen molar-refractivity contribution in [2.45, 2.75) is 52.6 Å². The first-order valence-electron chi connectivity index (χ1n) is 9.17. The minimum Gasteiger partial charge on any atom is -0.462 e. The van der Waals surface area contributed by atoms with Crippen LogP contribution in [0.25, 0.3) is 0 Å². The summed E-state index contributed by atoms with van der Waals surface area (Å²) < 4.78 is 20.5. The molecule has 0 unspecified atom stereocenters. The maximum absolute atomic E-state index is 12.5. The standard InChI is InChI=1S/C20H26O8/c1-4-8-18(22)25-12-15(13-26-19(23)9-5-2)28-20(24)16-10-6-7-11-17(16)27-14(3)21/h6-7,10-11,15H,4-5,8-9,12-13H2,1-3H3. The molecular formula is C20H26O8. The van der Waals surface area contributed by atoms with Crippen LogP contribution in [0.4, 0.5) is 0 Å². The SMILES string of the molecule is CCCC(=O)OCC(COC(=O)CCC)OC(=O)c1ccccc1OC(C)=O. The smallest absolute Gasteiger partial charge is 0.342 e. The Bertz CT molecular complexity index is 661. The van der Waals surface area contributed by atoms with Crippen molar-refractivity contribution in [3.05, 3.63) is 29.8 Å². The highest BCUT2D eigenvalue weighted by Gasteiger charge is 2.22. The van der Waals surface area contributed by atoms with E-state index >= 15 is 0 Å². The third kappa shape index (κ3) is 8.66. The molecule has 1 aromatic carbocycles. The van der Waals surface area contributed by atoms with Gasteiger partial charge in [0.25, 0.3) is 0 Å². The number of rotatable bonds is 11. The molecule has 1 aromatic rings. The molecule has 0 spiro atoms. The Morgan fingerprint density at radius 1 is 0.893 bits per heavy atom. The van der Waals surface area contributed by atoms with Gasteiger partial charge < -0.3 is 18.9 Å².